The molecule has 1 aromatic heterocycles. The van der Waals surface area contributed by atoms with Crippen molar-refractivity contribution in [2.45, 2.75) is 53.4 Å². The molecule has 6 heteroatoms. The van der Waals surface area contributed by atoms with E-state index < -0.39 is 0 Å². The van der Waals surface area contributed by atoms with Crippen molar-refractivity contribution in [2.24, 2.45) is 0 Å². The van der Waals surface area contributed by atoms with Gasteiger partial charge in [-0.25, -0.2) is 4.68 Å². The molecule has 0 spiro atoms. The van der Waals surface area contributed by atoms with E-state index in [9.17, 15) is 9.59 Å². The second-order valence-electron chi connectivity index (χ2n) is 9.50. The first-order chi connectivity index (χ1) is 15.6. The minimum Gasteiger partial charge on any atom is -0.329 e. The van der Waals surface area contributed by atoms with Crippen LogP contribution in [-0.2, 0) is 10.2 Å². The summed E-state index contributed by atoms with van der Waals surface area (Å²) in [6, 6.07) is 17.4. The predicted molar refractivity (Wildman–Crippen MR) is 133 cm³/mol. The van der Waals surface area contributed by atoms with Gasteiger partial charge in [-0.1, -0.05) is 63.6 Å². The number of anilines is 1. The highest BCUT2D eigenvalue weighted by Gasteiger charge is 2.23. The lowest BCUT2D eigenvalue weighted by molar-refractivity contribution is -0.116. The smallest absolute Gasteiger partial charge is 0.254 e. The zero-order valence-corrected chi connectivity index (χ0v) is 20.5. The molecule has 0 aliphatic heterocycles. The van der Waals surface area contributed by atoms with Crippen molar-refractivity contribution in [3.05, 3.63) is 77.0 Å². The first kappa shape index (κ1) is 24.2. The first-order valence-corrected chi connectivity index (χ1v) is 11.4. The number of carbonyl (C=O) groups excluding carboxylic acids is 2. The minimum absolute atomic E-state index is 0.0229. The lowest BCUT2D eigenvalue weighted by Gasteiger charge is -2.22. The van der Waals surface area contributed by atoms with Gasteiger partial charge in [-0.05, 0) is 44.0 Å². The van der Waals surface area contributed by atoms with Crippen molar-refractivity contribution in [1.82, 2.24) is 14.7 Å². The number of hydrogen-bond acceptors (Lipinski definition) is 3. The number of nitrogens with zero attached hydrogens (tertiary/aromatic N) is 3. The largest absolute Gasteiger partial charge is 0.329 e. The third-order valence-electron chi connectivity index (χ3n) is 5.51. The Bertz CT molecular complexity index is 1120. The van der Waals surface area contributed by atoms with Gasteiger partial charge in [-0.3, -0.25) is 9.59 Å². The maximum Gasteiger partial charge on any atom is 0.254 e. The molecule has 0 atom stereocenters. The van der Waals surface area contributed by atoms with Gasteiger partial charge in [-0.2, -0.15) is 5.10 Å². The maximum atomic E-state index is 13.1. The summed E-state index contributed by atoms with van der Waals surface area (Å²) in [6.45, 7) is 12.7. The van der Waals surface area contributed by atoms with E-state index in [2.05, 4.69) is 26.1 Å². The zero-order valence-electron chi connectivity index (χ0n) is 20.5. The summed E-state index contributed by atoms with van der Waals surface area (Å²) in [5, 5.41) is 7.76. The Morgan fingerprint density at radius 1 is 1.03 bits per heavy atom. The summed E-state index contributed by atoms with van der Waals surface area (Å²) < 4.78 is 1.76. The fourth-order valence-electron chi connectivity index (χ4n) is 3.58. The fourth-order valence-corrected chi connectivity index (χ4v) is 3.58. The maximum absolute atomic E-state index is 13.1. The van der Waals surface area contributed by atoms with Crippen molar-refractivity contribution in [2.75, 3.05) is 18.4 Å². The van der Waals surface area contributed by atoms with Crippen LogP contribution in [0.5, 0.6) is 0 Å². The van der Waals surface area contributed by atoms with Crippen LogP contribution in [-0.4, -0.2) is 39.6 Å². The van der Waals surface area contributed by atoms with E-state index in [1.807, 2.05) is 69.3 Å². The molecule has 3 rings (SSSR count). The molecule has 1 heterocycles. The van der Waals surface area contributed by atoms with Gasteiger partial charge in [0.05, 0.1) is 11.4 Å². The Kier molecular flexibility index (Phi) is 7.36. The molecule has 6 nitrogen and oxygen atoms in total. The monoisotopic (exact) mass is 446 g/mol. The van der Waals surface area contributed by atoms with Gasteiger partial charge in [0.1, 0.15) is 12.4 Å². The van der Waals surface area contributed by atoms with Gasteiger partial charge in [-0.15, -0.1) is 0 Å². The molecule has 0 radical (unpaired) electrons. The minimum atomic E-state index is -0.251. The van der Waals surface area contributed by atoms with E-state index >= 15 is 0 Å². The molecule has 0 unspecified atom stereocenters. The van der Waals surface area contributed by atoms with Crippen LogP contribution in [0.15, 0.2) is 54.6 Å². The molecule has 2 amide bonds. The van der Waals surface area contributed by atoms with Crippen molar-refractivity contribution in [3.63, 3.8) is 0 Å². The number of rotatable bonds is 7. The van der Waals surface area contributed by atoms with Crippen molar-refractivity contribution >= 4 is 17.6 Å². The van der Waals surface area contributed by atoms with E-state index in [1.165, 1.54) is 0 Å². The van der Waals surface area contributed by atoms with E-state index in [0.29, 0.717) is 17.9 Å². The number of carbonyl (C=O) groups is 2. The Hall–Kier alpha value is -3.41. The second kappa shape index (κ2) is 10.0. The number of aryl methyl sites for hydroxylation is 2. The van der Waals surface area contributed by atoms with Gasteiger partial charge < -0.3 is 10.2 Å². The normalized spacial score (nSPS) is 11.3. The highest BCUT2D eigenvalue weighted by Crippen LogP contribution is 2.26. The number of benzene rings is 2. The first-order valence-electron chi connectivity index (χ1n) is 11.4. The van der Waals surface area contributed by atoms with Crippen LogP contribution in [0.1, 0.15) is 61.3 Å². The molecular weight excluding hydrogens is 412 g/mol. The van der Waals surface area contributed by atoms with Crippen LogP contribution in [0.3, 0.4) is 0 Å². The standard InChI is InChI=1S/C27H34N4O2/c1-7-16-30(26(33)22-11-9-8-10-20(22)3)18-25(32)28-24-17-23(27(4,5)6)29-31(24)21-14-12-19(2)13-15-21/h8-15,17H,7,16,18H2,1-6H3,(H,28,32). The topological polar surface area (TPSA) is 67.2 Å². The number of aromatic nitrogens is 2. The molecule has 0 bridgehead atoms. The molecule has 3 aromatic rings. The lowest BCUT2D eigenvalue weighted by atomic mass is 9.92. The van der Waals surface area contributed by atoms with Crippen LogP contribution in [0.2, 0.25) is 0 Å². The summed E-state index contributed by atoms with van der Waals surface area (Å²) in [6.07, 6.45) is 0.764. The van der Waals surface area contributed by atoms with Crippen LogP contribution in [0, 0.1) is 13.8 Å². The average Bonchev–Trinajstić information content (AvgIpc) is 3.18. The summed E-state index contributed by atoms with van der Waals surface area (Å²) in [4.78, 5) is 27.8. The molecule has 0 aliphatic rings. The number of nitrogens with one attached hydrogen (secondary N) is 1. The average molecular weight is 447 g/mol. The number of amides is 2. The van der Waals surface area contributed by atoms with E-state index in [1.54, 1.807) is 15.6 Å². The molecule has 0 saturated carbocycles. The van der Waals surface area contributed by atoms with Crippen LogP contribution < -0.4 is 5.32 Å². The summed E-state index contributed by atoms with van der Waals surface area (Å²) in [5.41, 5.74) is 4.24. The van der Waals surface area contributed by atoms with Gasteiger partial charge in [0.25, 0.3) is 5.91 Å². The third-order valence-corrected chi connectivity index (χ3v) is 5.51. The summed E-state index contributed by atoms with van der Waals surface area (Å²) >= 11 is 0. The van der Waals surface area contributed by atoms with Gasteiger partial charge in [0.15, 0.2) is 0 Å². The molecule has 0 saturated heterocycles. The number of hydrogen-bond donors (Lipinski definition) is 1. The lowest BCUT2D eigenvalue weighted by Crippen LogP contribution is -2.39. The van der Waals surface area contributed by atoms with Crippen molar-refractivity contribution in [3.8, 4) is 5.69 Å². The predicted octanol–water partition coefficient (Wildman–Crippen LogP) is 5.28. The Labute approximate surface area is 196 Å². The summed E-state index contributed by atoms with van der Waals surface area (Å²) in [5.74, 6) is 0.209. The van der Waals surface area contributed by atoms with E-state index in [4.69, 9.17) is 5.10 Å². The van der Waals surface area contributed by atoms with Gasteiger partial charge in [0.2, 0.25) is 5.91 Å². The van der Waals surface area contributed by atoms with Crippen molar-refractivity contribution < 1.29 is 9.59 Å². The fraction of sp³-hybridized carbons (Fsp3) is 0.370. The van der Waals surface area contributed by atoms with Crippen LogP contribution in [0.4, 0.5) is 5.82 Å². The van der Waals surface area contributed by atoms with Gasteiger partial charge >= 0.3 is 0 Å². The highest BCUT2D eigenvalue weighted by molar-refractivity contribution is 6.00. The molecule has 33 heavy (non-hydrogen) atoms. The van der Waals surface area contributed by atoms with E-state index in [0.717, 1.165) is 28.9 Å². The molecule has 0 fully saturated rings. The Balaban J connectivity index is 1.86. The quantitative estimate of drug-likeness (QED) is 0.537. The van der Waals surface area contributed by atoms with Crippen LogP contribution in [0.25, 0.3) is 5.69 Å². The van der Waals surface area contributed by atoms with Gasteiger partial charge in [0, 0.05) is 23.6 Å². The van der Waals surface area contributed by atoms with Crippen molar-refractivity contribution in [1.29, 1.82) is 0 Å². The molecule has 1 N–H and O–H groups in total. The highest BCUT2D eigenvalue weighted by atomic mass is 16.2. The molecule has 2 aromatic carbocycles. The summed E-state index contributed by atoms with van der Waals surface area (Å²) in [7, 11) is 0. The molecule has 0 aliphatic carbocycles. The van der Waals surface area contributed by atoms with E-state index in [-0.39, 0.29) is 23.8 Å². The third kappa shape index (κ3) is 5.89. The Morgan fingerprint density at radius 2 is 1.70 bits per heavy atom. The molecular formula is C27H34N4O2. The van der Waals surface area contributed by atoms with Crippen LogP contribution >= 0.6 is 0 Å². The zero-order chi connectivity index (χ0) is 24.2. The second-order valence-corrected chi connectivity index (χ2v) is 9.50. The molecule has 174 valence electrons. The Morgan fingerprint density at radius 3 is 2.30 bits per heavy atom. The SMILES string of the molecule is CCCN(CC(=O)Nc1cc(C(C)(C)C)nn1-c1ccc(C)cc1)C(=O)c1ccccc1C.